The van der Waals surface area contributed by atoms with Crippen LogP contribution in [0.5, 0.6) is 0 Å². The van der Waals surface area contributed by atoms with E-state index in [4.69, 9.17) is 5.11 Å². The van der Waals surface area contributed by atoms with Crippen molar-refractivity contribution in [1.29, 1.82) is 0 Å². The standard InChI is InChI=1S/C9H10BrFO2/c1-9(2)4-7(11)6(10)3-5(9)8(12)13/h3-5H,1-2H3,(H,12,13). The molecule has 0 aliphatic heterocycles. The van der Waals surface area contributed by atoms with Crippen LogP contribution in [-0.2, 0) is 4.79 Å². The van der Waals surface area contributed by atoms with Crippen molar-refractivity contribution in [2.75, 3.05) is 0 Å². The molecule has 0 spiro atoms. The second-order valence-electron chi connectivity index (χ2n) is 3.64. The van der Waals surface area contributed by atoms with E-state index < -0.39 is 23.1 Å². The topological polar surface area (TPSA) is 37.3 Å². The fourth-order valence-electron chi connectivity index (χ4n) is 1.32. The van der Waals surface area contributed by atoms with Crippen molar-refractivity contribution in [2.45, 2.75) is 13.8 Å². The summed E-state index contributed by atoms with van der Waals surface area (Å²) in [6, 6.07) is 0. The summed E-state index contributed by atoms with van der Waals surface area (Å²) >= 11 is 2.97. The van der Waals surface area contributed by atoms with Gasteiger partial charge in [-0.3, -0.25) is 4.79 Å². The first kappa shape index (κ1) is 10.4. The first-order chi connectivity index (χ1) is 5.84. The van der Waals surface area contributed by atoms with Crippen molar-refractivity contribution in [3.05, 3.63) is 22.5 Å². The summed E-state index contributed by atoms with van der Waals surface area (Å²) in [6.45, 7) is 3.39. The molecular weight excluding hydrogens is 239 g/mol. The molecule has 1 aliphatic carbocycles. The largest absolute Gasteiger partial charge is 0.481 e. The highest BCUT2D eigenvalue weighted by Gasteiger charge is 2.36. The van der Waals surface area contributed by atoms with Crippen LogP contribution in [-0.4, -0.2) is 11.1 Å². The van der Waals surface area contributed by atoms with Gasteiger partial charge in [0.25, 0.3) is 0 Å². The van der Waals surface area contributed by atoms with Gasteiger partial charge in [-0.15, -0.1) is 0 Å². The molecule has 0 heterocycles. The zero-order chi connectivity index (χ0) is 10.2. The summed E-state index contributed by atoms with van der Waals surface area (Å²) in [4.78, 5) is 10.8. The van der Waals surface area contributed by atoms with E-state index in [0.717, 1.165) is 0 Å². The fourth-order valence-corrected chi connectivity index (χ4v) is 1.69. The quantitative estimate of drug-likeness (QED) is 0.775. The lowest BCUT2D eigenvalue weighted by Crippen LogP contribution is -2.30. The first-order valence-corrected chi connectivity index (χ1v) is 4.63. The normalized spacial score (nSPS) is 26.3. The van der Waals surface area contributed by atoms with E-state index in [1.807, 2.05) is 0 Å². The highest BCUT2D eigenvalue weighted by Crippen LogP contribution is 2.39. The molecule has 4 heteroatoms. The van der Waals surface area contributed by atoms with Gasteiger partial charge in [0.1, 0.15) is 5.83 Å². The van der Waals surface area contributed by atoms with Crippen LogP contribution in [0.25, 0.3) is 0 Å². The van der Waals surface area contributed by atoms with Gasteiger partial charge in [0.15, 0.2) is 0 Å². The van der Waals surface area contributed by atoms with Gasteiger partial charge in [0, 0.05) is 9.90 Å². The molecule has 0 saturated carbocycles. The SMILES string of the molecule is CC1(C)C=C(F)C(Br)=CC1C(=O)O. The summed E-state index contributed by atoms with van der Waals surface area (Å²) < 4.78 is 13.3. The van der Waals surface area contributed by atoms with Crippen molar-refractivity contribution < 1.29 is 14.3 Å². The predicted molar refractivity (Wildman–Crippen MR) is 51.1 cm³/mol. The Hall–Kier alpha value is -0.640. The molecule has 2 nitrogen and oxygen atoms in total. The lowest BCUT2D eigenvalue weighted by molar-refractivity contribution is -0.142. The number of carbonyl (C=O) groups is 1. The number of hydrogen-bond donors (Lipinski definition) is 1. The number of aliphatic carboxylic acids is 1. The maximum atomic E-state index is 13.1. The summed E-state index contributed by atoms with van der Waals surface area (Å²) in [5, 5.41) is 8.86. The van der Waals surface area contributed by atoms with E-state index in [-0.39, 0.29) is 4.48 Å². The van der Waals surface area contributed by atoms with Gasteiger partial charge < -0.3 is 5.11 Å². The fraction of sp³-hybridized carbons (Fsp3) is 0.444. The molecule has 1 unspecified atom stereocenters. The number of carboxylic acid groups (broad SMARTS) is 1. The molecule has 0 aromatic rings. The van der Waals surface area contributed by atoms with Gasteiger partial charge in [-0.1, -0.05) is 19.9 Å². The number of rotatable bonds is 1. The summed E-state index contributed by atoms with van der Waals surface area (Å²) in [5.41, 5.74) is -0.673. The number of allylic oxidation sites excluding steroid dienone is 3. The smallest absolute Gasteiger partial charge is 0.311 e. The Morgan fingerprint density at radius 1 is 1.69 bits per heavy atom. The molecular formula is C9H10BrFO2. The van der Waals surface area contributed by atoms with Crippen molar-refractivity contribution >= 4 is 21.9 Å². The third kappa shape index (κ3) is 1.99. The lowest BCUT2D eigenvalue weighted by Gasteiger charge is -2.29. The van der Waals surface area contributed by atoms with Crippen molar-refractivity contribution in [2.24, 2.45) is 11.3 Å². The van der Waals surface area contributed by atoms with Crippen LogP contribution in [0, 0.1) is 11.3 Å². The molecule has 72 valence electrons. The second kappa shape index (κ2) is 3.25. The molecule has 0 bridgehead atoms. The summed E-state index contributed by atoms with van der Waals surface area (Å²) in [5.74, 6) is -2.02. The third-order valence-corrected chi connectivity index (χ3v) is 2.75. The van der Waals surface area contributed by atoms with Gasteiger partial charge >= 0.3 is 5.97 Å². The molecule has 1 aliphatic rings. The van der Waals surface area contributed by atoms with Crippen molar-refractivity contribution in [3.8, 4) is 0 Å². The van der Waals surface area contributed by atoms with Gasteiger partial charge in [0.2, 0.25) is 0 Å². The highest BCUT2D eigenvalue weighted by atomic mass is 79.9. The molecule has 0 aromatic heterocycles. The Bertz CT molecular complexity index is 305. The number of hydrogen-bond acceptors (Lipinski definition) is 1. The molecule has 0 saturated heterocycles. The van der Waals surface area contributed by atoms with E-state index in [1.165, 1.54) is 12.2 Å². The van der Waals surface area contributed by atoms with Crippen LogP contribution in [0.15, 0.2) is 22.5 Å². The van der Waals surface area contributed by atoms with Crippen LogP contribution < -0.4 is 0 Å². The molecule has 0 radical (unpaired) electrons. The zero-order valence-electron chi connectivity index (χ0n) is 7.34. The maximum Gasteiger partial charge on any atom is 0.311 e. The molecule has 13 heavy (non-hydrogen) atoms. The minimum Gasteiger partial charge on any atom is -0.481 e. The molecule has 0 fully saturated rings. The average molecular weight is 249 g/mol. The molecule has 1 N–H and O–H groups in total. The molecule has 0 aromatic carbocycles. The predicted octanol–water partition coefficient (Wildman–Crippen LogP) is 2.86. The number of carboxylic acids is 1. The minimum atomic E-state index is -0.939. The van der Waals surface area contributed by atoms with Crippen LogP contribution in [0.3, 0.4) is 0 Å². The first-order valence-electron chi connectivity index (χ1n) is 3.83. The van der Waals surface area contributed by atoms with E-state index in [1.54, 1.807) is 13.8 Å². The minimum absolute atomic E-state index is 0.222. The second-order valence-corrected chi connectivity index (χ2v) is 4.50. The Morgan fingerprint density at radius 2 is 2.23 bits per heavy atom. The van der Waals surface area contributed by atoms with E-state index in [9.17, 15) is 9.18 Å². The third-order valence-electron chi connectivity index (χ3n) is 2.11. The average Bonchev–Trinajstić information content (AvgIpc) is 1.95. The van der Waals surface area contributed by atoms with Crippen molar-refractivity contribution in [3.63, 3.8) is 0 Å². The van der Waals surface area contributed by atoms with Gasteiger partial charge in [0.05, 0.1) is 5.92 Å². The Balaban J connectivity index is 3.09. The monoisotopic (exact) mass is 248 g/mol. The summed E-state index contributed by atoms with van der Waals surface area (Å²) in [7, 11) is 0. The maximum absolute atomic E-state index is 13.1. The molecule has 1 rings (SSSR count). The Kier molecular flexibility index (Phi) is 2.61. The number of halogens is 2. The van der Waals surface area contributed by atoms with Crippen molar-refractivity contribution in [1.82, 2.24) is 0 Å². The lowest BCUT2D eigenvalue weighted by atomic mass is 9.76. The Morgan fingerprint density at radius 3 is 2.69 bits per heavy atom. The summed E-state index contributed by atoms with van der Waals surface area (Å²) in [6.07, 6.45) is 2.72. The van der Waals surface area contributed by atoms with Crippen LogP contribution in [0.4, 0.5) is 4.39 Å². The van der Waals surface area contributed by atoms with E-state index in [2.05, 4.69) is 15.9 Å². The van der Waals surface area contributed by atoms with Gasteiger partial charge in [-0.25, -0.2) is 4.39 Å². The zero-order valence-corrected chi connectivity index (χ0v) is 8.93. The Labute approximate surface area is 84.3 Å². The van der Waals surface area contributed by atoms with Crippen LogP contribution >= 0.6 is 15.9 Å². The molecule has 1 atom stereocenters. The van der Waals surface area contributed by atoms with Gasteiger partial charge in [-0.05, 0) is 22.0 Å². The highest BCUT2D eigenvalue weighted by molar-refractivity contribution is 9.11. The molecule has 0 amide bonds. The van der Waals surface area contributed by atoms with Crippen LogP contribution in [0.2, 0.25) is 0 Å². The van der Waals surface area contributed by atoms with Gasteiger partial charge in [-0.2, -0.15) is 0 Å². The van der Waals surface area contributed by atoms with E-state index in [0.29, 0.717) is 0 Å². The van der Waals surface area contributed by atoms with Crippen LogP contribution in [0.1, 0.15) is 13.8 Å². The van der Waals surface area contributed by atoms with E-state index >= 15 is 0 Å².